The second-order valence-corrected chi connectivity index (χ2v) is 9.29. The Labute approximate surface area is 180 Å². The number of fused-ring (bicyclic) bond motifs is 2. The monoisotopic (exact) mass is 415 g/mol. The Morgan fingerprint density at radius 3 is 2.40 bits per heavy atom. The van der Waals surface area contributed by atoms with Crippen molar-refractivity contribution in [3.63, 3.8) is 0 Å². The number of benzene rings is 2. The van der Waals surface area contributed by atoms with Crippen molar-refractivity contribution in [2.24, 2.45) is 0 Å². The van der Waals surface area contributed by atoms with Crippen molar-refractivity contribution < 1.29 is 4.79 Å². The van der Waals surface area contributed by atoms with Gasteiger partial charge >= 0.3 is 0 Å². The highest BCUT2D eigenvalue weighted by Crippen LogP contribution is 2.29. The van der Waals surface area contributed by atoms with Crippen molar-refractivity contribution in [2.75, 3.05) is 31.1 Å². The Morgan fingerprint density at radius 1 is 0.867 bits per heavy atom. The zero-order valence-electron chi connectivity index (χ0n) is 17.6. The summed E-state index contributed by atoms with van der Waals surface area (Å²) in [4.78, 5) is 24.0. The summed E-state index contributed by atoms with van der Waals surface area (Å²) in [5.74, 6) is 0.124. The summed E-state index contributed by atoms with van der Waals surface area (Å²) in [6, 6.07) is 17.0. The Bertz CT molecular complexity index is 1270. The molecule has 2 aromatic carbocycles. The molecule has 1 fully saturated rings. The molecule has 0 saturated carbocycles. The molecule has 5 heteroatoms. The highest BCUT2D eigenvalue weighted by molar-refractivity contribution is 7.20. The lowest BCUT2D eigenvalue weighted by molar-refractivity contribution is 0.0751. The van der Waals surface area contributed by atoms with E-state index in [0.717, 1.165) is 52.2 Å². The molecular weight excluding hydrogens is 390 g/mol. The number of nitrogens with zero attached hydrogens (tertiary/aromatic N) is 3. The minimum absolute atomic E-state index is 0.124. The summed E-state index contributed by atoms with van der Waals surface area (Å²) < 4.78 is 0. The van der Waals surface area contributed by atoms with Gasteiger partial charge in [0.2, 0.25) is 0 Å². The van der Waals surface area contributed by atoms with E-state index in [1.165, 1.54) is 33.7 Å². The van der Waals surface area contributed by atoms with Gasteiger partial charge in [-0.1, -0.05) is 23.8 Å². The van der Waals surface area contributed by atoms with Crippen molar-refractivity contribution in [3.8, 4) is 0 Å². The summed E-state index contributed by atoms with van der Waals surface area (Å²) in [7, 11) is 0. The number of carbonyl (C=O) groups is 1. The van der Waals surface area contributed by atoms with Crippen LogP contribution in [0.4, 0.5) is 5.69 Å². The quantitative estimate of drug-likeness (QED) is 0.444. The Kier molecular flexibility index (Phi) is 4.70. The number of aryl methyl sites for hydroxylation is 3. The van der Waals surface area contributed by atoms with Crippen molar-refractivity contribution in [3.05, 3.63) is 70.1 Å². The van der Waals surface area contributed by atoms with E-state index in [1.54, 1.807) is 0 Å². The fraction of sp³-hybridized carbons (Fsp3) is 0.280. The summed E-state index contributed by atoms with van der Waals surface area (Å²) in [5.41, 5.74) is 6.05. The molecule has 0 bridgehead atoms. The first-order valence-corrected chi connectivity index (χ1v) is 11.2. The van der Waals surface area contributed by atoms with Crippen molar-refractivity contribution in [2.45, 2.75) is 20.8 Å². The molecule has 0 radical (unpaired) electrons. The third-order valence-corrected chi connectivity index (χ3v) is 6.97. The smallest absolute Gasteiger partial charge is 0.264 e. The molecular formula is C25H25N3OS. The summed E-state index contributed by atoms with van der Waals surface area (Å²) in [6.45, 7) is 9.59. The normalized spacial score (nSPS) is 14.6. The van der Waals surface area contributed by atoms with Gasteiger partial charge in [0.1, 0.15) is 4.83 Å². The van der Waals surface area contributed by atoms with E-state index in [4.69, 9.17) is 4.98 Å². The van der Waals surface area contributed by atoms with E-state index in [-0.39, 0.29) is 5.91 Å². The fourth-order valence-corrected chi connectivity index (χ4v) is 5.22. The molecule has 1 amide bonds. The fourth-order valence-electron chi connectivity index (χ4n) is 4.23. The standard InChI is InChI=1S/C25H25N3OS/c1-16-5-7-21-19(12-16)14-20-15-23(30-24(20)26-21)25(29)28-10-8-27(9-11-28)22-13-17(2)4-6-18(22)3/h4-7,12-15H,8-11H2,1-3H3. The van der Waals surface area contributed by atoms with Gasteiger partial charge in [-0.05, 0) is 62.2 Å². The average molecular weight is 416 g/mol. The van der Waals surface area contributed by atoms with Crippen molar-refractivity contribution >= 4 is 44.1 Å². The van der Waals surface area contributed by atoms with E-state index < -0.39 is 0 Å². The number of anilines is 1. The number of aromatic nitrogens is 1. The molecule has 3 heterocycles. The zero-order valence-corrected chi connectivity index (χ0v) is 18.4. The molecule has 4 aromatic rings. The van der Waals surface area contributed by atoms with Gasteiger partial charge in [0.05, 0.1) is 10.4 Å². The molecule has 5 rings (SSSR count). The summed E-state index contributed by atoms with van der Waals surface area (Å²) in [6.07, 6.45) is 0. The minimum Gasteiger partial charge on any atom is -0.368 e. The van der Waals surface area contributed by atoms with Crippen LogP contribution in [0.3, 0.4) is 0 Å². The van der Waals surface area contributed by atoms with E-state index >= 15 is 0 Å². The second-order valence-electron chi connectivity index (χ2n) is 8.26. The molecule has 0 unspecified atom stereocenters. The van der Waals surface area contributed by atoms with Crippen LogP contribution < -0.4 is 4.90 Å². The molecule has 30 heavy (non-hydrogen) atoms. The van der Waals surface area contributed by atoms with E-state index in [2.05, 4.69) is 68.1 Å². The number of carbonyl (C=O) groups excluding carboxylic acids is 1. The van der Waals surface area contributed by atoms with Gasteiger partial charge in [0.15, 0.2) is 0 Å². The molecule has 0 spiro atoms. The van der Waals surface area contributed by atoms with E-state index in [1.807, 2.05) is 11.0 Å². The number of rotatable bonds is 2. The largest absolute Gasteiger partial charge is 0.368 e. The lowest BCUT2D eigenvalue weighted by Gasteiger charge is -2.36. The molecule has 0 aliphatic carbocycles. The number of hydrogen-bond donors (Lipinski definition) is 0. The first kappa shape index (κ1) is 19.1. The SMILES string of the molecule is Cc1ccc(C)c(N2CCN(C(=O)c3cc4cc5cc(C)ccc5nc4s3)CC2)c1. The molecule has 152 valence electrons. The Hall–Kier alpha value is -2.92. The lowest BCUT2D eigenvalue weighted by Crippen LogP contribution is -2.48. The maximum Gasteiger partial charge on any atom is 0.264 e. The predicted molar refractivity (Wildman–Crippen MR) is 126 cm³/mol. The van der Waals surface area contributed by atoms with Crippen LogP contribution in [0, 0.1) is 20.8 Å². The molecule has 4 nitrogen and oxygen atoms in total. The average Bonchev–Trinajstić information content (AvgIpc) is 3.16. The molecule has 1 saturated heterocycles. The van der Waals surface area contributed by atoms with Gasteiger partial charge in [-0.15, -0.1) is 11.3 Å². The second kappa shape index (κ2) is 7.40. The van der Waals surface area contributed by atoms with Crippen molar-refractivity contribution in [1.29, 1.82) is 0 Å². The van der Waals surface area contributed by atoms with Crippen molar-refractivity contribution in [1.82, 2.24) is 9.88 Å². The Balaban J connectivity index is 1.35. The number of thiophene rings is 1. The topological polar surface area (TPSA) is 36.4 Å². The number of pyridine rings is 1. The van der Waals surface area contributed by atoms with Crippen LogP contribution in [0.25, 0.3) is 21.1 Å². The van der Waals surface area contributed by atoms with E-state index in [0.29, 0.717) is 0 Å². The van der Waals surface area contributed by atoms with E-state index in [9.17, 15) is 4.79 Å². The molecule has 1 aliphatic heterocycles. The number of hydrogen-bond acceptors (Lipinski definition) is 4. The maximum atomic E-state index is 13.2. The van der Waals surface area contributed by atoms with Crippen LogP contribution in [0.15, 0.2) is 48.5 Å². The van der Waals surface area contributed by atoms with Gasteiger partial charge in [0.25, 0.3) is 5.91 Å². The van der Waals surface area contributed by atoms with Crippen LogP contribution in [0.1, 0.15) is 26.4 Å². The highest BCUT2D eigenvalue weighted by atomic mass is 32.1. The molecule has 2 aromatic heterocycles. The third-order valence-electron chi connectivity index (χ3n) is 5.94. The summed E-state index contributed by atoms with van der Waals surface area (Å²) >= 11 is 1.50. The predicted octanol–water partition coefficient (Wildman–Crippen LogP) is 5.34. The Morgan fingerprint density at radius 2 is 1.60 bits per heavy atom. The third kappa shape index (κ3) is 3.43. The number of piperazine rings is 1. The maximum absolute atomic E-state index is 13.2. The van der Waals surface area contributed by atoms with Gasteiger partial charge in [-0.2, -0.15) is 0 Å². The van der Waals surface area contributed by atoms with Gasteiger partial charge in [-0.25, -0.2) is 4.98 Å². The van der Waals surface area contributed by atoms with Gasteiger partial charge in [-0.3, -0.25) is 4.79 Å². The van der Waals surface area contributed by atoms with Crippen LogP contribution >= 0.6 is 11.3 Å². The van der Waals surface area contributed by atoms with Crippen LogP contribution in [-0.4, -0.2) is 42.0 Å². The number of amides is 1. The zero-order chi connectivity index (χ0) is 20.8. The van der Waals surface area contributed by atoms with Crippen LogP contribution in [0.2, 0.25) is 0 Å². The molecule has 0 N–H and O–H groups in total. The van der Waals surface area contributed by atoms with Gasteiger partial charge in [0, 0.05) is 42.6 Å². The lowest BCUT2D eigenvalue weighted by atomic mass is 10.1. The molecule has 1 aliphatic rings. The highest BCUT2D eigenvalue weighted by Gasteiger charge is 2.24. The first-order valence-electron chi connectivity index (χ1n) is 10.4. The minimum atomic E-state index is 0.124. The van der Waals surface area contributed by atoms with Crippen LogP contribution in [-0.2, 0) is 0 Å². The van der Waals surface area contributed by atoms with Gasteiger partial charge < -0.3 is 9.80 Å². The summed E-state index contributed by atoms with van der Waals surface area (Å²) in [5, 5.41) is 2.18. The first-order chi connectivity index (χ1) is 14.5. The molecule has 0 atom stereocenters. The van der Waals surface area contributed by atoms with Crippen LogP contribution in [0.5, 0.6) is 0 Å².